The largest absolute Gasteiger partial charge is 0.381 e. The first-order valence-electron chi connectivity index (χ1n) is 36.1. The van der Waals surface area contributed by atoms with Crippen molar-refractivity contribution in [2.45, 2.75) is 155 Å². The van der Waals surface area contributed by atoms with Gasteiger partial charge in [-0.05, 0) is 158 Å². The van der Waals surface area contributed by atoms with Crippen molar-refractivity contribution in [2.75, 3.05) is 43.9 Å². The zero-order valence-electron chi connectivity index (χ0n) is 59.1. The molecule has 2 aromatic heterocycles. The molecule has 4 fully saturated rings. The van der Waals surface area contributed by atoms with E-state index in [-0.39, 0.29) is 77.3 Å². The zero-order chi connectivity index (χ0) is 70.6. The molecule has 0 spiro atoms. The Labute approximate surface area is 591 Å². The quantitative estimate of drug-likeness (QED) is 0.0602. The molecule has 9 atom stereocenters. The number of aromatic amines is 2. The third-order valence-electron chi connectivity index (χ3n) is 22.0. The van der Waals surface area contributed by atoms with E-state index in [2.05, 4.69) is 98.3 Å². The summed E-state index contributed by atoms with van der Waals surface area (Å²) in [6.45, 7) is 16.6. The van der Waals surface area contributed by atoms with Crippen LogP contribution in [-0.4, -0.2) is 150 Å². The Kier molecular flexibility index (Phi) is 20.8. The fourth-order valence-electron chi connectivity index (χ4n) is 15.2. The van der Waals surface area contributed by atoms with Gasteiger partial charge in [-0.1, -0.05) is 149 Å². The normalized spacial score (nSPS) is 20.4. The summed E-state index contributed by atoms with van der Waals surface area (Å²) in [5.41, 5.74) is 14.4. The smallest absolute Gasteiger partial charge is 0.248 e. The molecule has 0 bridgehead atoms. The van der Waals surface area contributed by atoms with Gasteiger partial charge in [-0.15, -0.1) is 0 Å². The van der Waals surface area contributed by atoms with Crippen molar-refractivity contribution in [2.24, 2.45) is 27.7 Å². The highest BCUT2D eigenvalue weighted by Crippen LogP contribution is 2.38. The van der Waals surface area contributed by atoms with E-state index in [4.69, 9.17) is 14.7 Å². The summed E-state index contributed by atoms with van der Waals surface area (Å²) in [6, 6.07) is 47.8. The first-order valence-corrected chi connectivity index (χ1v) is 36.1. The van der Waals surface area contributed by atoms with Crippen LogP contribution >= 0.6 is 0 Å². The first kappa shape index (κ1) is 69.3. The molecule has 6 aliphatic heterocycles. The average molecular weight is 1360 g/mol. The fourth-order valence-corrected chi connectivity index (χ4v) is 15.2. The third kappa shape index (κ3) is 14.6. The van der Waals surface area contributed by atoms with Crippen molar-refractivity contribution in [1.29, 1.82) is 0 Å². The van der Waals surface area contributed by atoms with Crippen LogP contribution in [-0.2, 0) is 33.5 Å². The van der Waals surface area contributed by atoms with E-state index < -0.39 is 12.1 Å². The van der Waals surface area contributed by atoms with Crippen molar-refractivity contribution in [1.82, 2.24) is 40.0 Å². The number of ether oxygens (including phenoxy) is 1. The van der Waals surface area contributed by atoms with Crippen LogP contribution in [0.4, 0.5) is 11.6 Å². The number of allylic oxidation sites excluding steroid dienone is 2. The van der Waals surface area contributed by atoms with E-state index in [9.17, 15) is 28.8 Å². The van der Waals surface area contributed by atoms with Crippen molar-refractivity contribution < 1.29 is 33.5 Å². The number of rotatable bonds is 19. The summed E-state index contributed by atoms with van der Waals surface area (Å²) in [6.07, 6.45) is 11.9. The Morgan fingerprint density at radius 1 is 0.446 bits per heavy atom. The maximum absolute atomic E-state index is 13.6. The number of hydrogen-bond donors (Lipinski definition) is 4. The van der Waals surface area contributed by atoms with Crippen LogP contribution in [0.25, 0.3) is 55.2 Å². The van der Waals surface area contributed by atoms with E-state index in [0.717, 1.165) is 148 Å². The van der Waals surface area contributed by atoms with Gasteiger partial charge in [-0.2, -0.15) is 10.2 Å². The predicted octanol–water partition coefficient (Wildman–Crippen LogP) is 14.2. The Morgan fingerprint density at radius 3 is 1.38 bits per heavy atom. The van der Waals surface area contributed by atoms with E-state index in [1.54, 1.807) is 16.9 Å². The predicted molar refractivity (Wildman–Crippen MR) is 399 cm³/mol. The van der Waals surface area contributed by atoms with Gasteiger partial charge >= 0.3 is 0 Å². The average Bonchev–Trinajstić information content (AvgIpc) is 1.70. The number of methoxy groups -OCH3 is 1. The minimum Gasteiger partial charge on any atom is -0.381 e. The van der Waals surface area contributed by atoms with E-state index in [1.807, 2.05) is 149 Å². The number of carbonyl (C=O) groups excluding carboxylic acids is 6. The number of likely N-dealkylation sites (tertiary alicyclic amines) is 4. The topological polar surface area (TPSA) is 231 Å². The number of hydrogen-bond acceptors (Lipinski definition) is 11. The highest BCUT2D eigenvalue weighted by atomic mass is 16.5. The number of carbonyl (C=O) groups is 6. The lowest BCUT2D eigenvalue weighted by Gasteiger charge is -2.29. The van der Waals surface area contributed by atoms with Crippen molar-refractivity contribution in [3.05, 3.63) is 180 Å². The number of aromatic nitrogens is 4. The number of aliphatic imine (C=N–C) groups is 2. The van der Waals surface area contributed by atoms with Crippen molar-refractivity contribution in [3.8, 4) is 22.3 Å². The number of amides is 6. The lowest BCUT2D eigenvalue weighted by Crippen LogP contribution is -2.47. The molecule has 8 heterocycles. The van der Waals surface area contributed by atoms with Crippen molar-refractivity contribution >= 4 is 91.5 Å². The third-order valence-corrected chi connectivity index (χ3v) is 22.0. The Balaban J connectivity index is 0.000000182. The molecule has 6 aliphatic rings. The van der Waals surface area contributed by atoms with Crippen LogP contribution < -0.4 is 10.6 Å². The molecule has 4 saturated heterocycles. The molecular weight excluding hydrogens is 1260 g/mol. The minimum absolute atomic E-state index is 0.0122. The number of benzene rings is 6. The number of anilines is 2. The Morgan fingerprint density at radius 2 is 0.861 bits per heavy atom. The Hall–Kier alpha value is -10.1. The minimum atomic E-state index is -0.541. The number of nitrogens with one attached hydrogen (secondary N) is 4. The number of nitrogens with zero attached hydrogens (tertiary/aromatic N) is 8. The molecule has 6 aromatic carbocycles. The molecule has 14 rings (SSSR count). The molecule has 522 valence electrons. The van der Waals surface area contributed by atoms with Gasteiger partial charge in [-0.25, -0.2) is 0 Å². The van der Waals surface area contributed by atoms with E-state index in [1.165, 1.54) is 5.57 Å². The highest BCUT2D eigenvalue weighted by Gasteiger charge is 2.41. The summed E-state index contributed by atoms with van der Waals surface area (Å²) < 4.78 is 5.35. The van der Waals surface area contributed by atoms with Crippen LogP contribution in [0.1, 0.15) is 147 Å². The molecule has 0 saturated carbocycles. The van der Waals surface area contributed by atoms with Crippen molar-refractivity contribution in [3.63, 3.8) is 0 Å². The SMILES string of the molecule is CO[C@H](C)[C@H](C)C(=O)N1CCC[C@H]1C(=O)Nc1n[nH]c2cc(-c3ccc(C4=CN=C([C@@H]5CCCN5C(=O)[C@@H](C)C(C)C)C4)cc3)ccc12.C[C@@H](C(=O)N1CCC[C@H]1C(=O)Nc1n[nH]c2ccc(-c3ccc(C4=CN=C([C@@H]5CCCN5C(=O)[C@H](C)c5ccccc5)C4)cc3)cc12)c1ccccc1. The van der Waals surface area contributed by atoms with Gasteiger partial charge in [0, 0.05) is 86.6 Å². The summed E-state index contributed by atoms with van der Waals surface area (Å²) in [5.74, 6) is 0.264. The molecule has 6 amide bonds. The molecule has 0 unspecified atom stereocenters. The van der Waals surface area contributed by atoms with Gasteiger partial charge in [-0.3, -0.25) is 48.9 Å². The molecule has 8 aromatic rings. The van der Waals surface area contributed by atoms with Crippen LogP contribution in [0.3, 0.4) is 0 Å². The van der Waals surface area contributed by atoms with Gasteiger partial charge in [0.1, 0.15) is 12.1 Å². The van der Waals surface area contributed by atoms with Crippen LogP contribution in [0.2, 0.25) is 0 Å². The lowest BCUT2D eigenvalue weighted by atomic mass is 9.94. The van der Waals surface area contributed by atoms with Gasteiger partial charge in [0.05, 0.1) is 47.0 Å². The first-order chi connectivity index (χ1) is 48.9. The standard InChI is InChI=1S/C44H44N6O3.C38H48N6O4/c1-28(30-11-5-3-6-12-30)43(52)49-23-9-15-39(49)38-26-35(27-45-38)33-19-17-32(18-20-33)34-21-22-37-36(25-34)41(48-47-37)46-42(51)40-16-10-24-50(40)44(53)29(2)31-13-7-4-8-14-31;1-22(2)23(3)37(46)43-17-7-9-33(43)32-20-29(21-39-32)27-13-11-26(12-14-27)28-15-16-30-31(19-28)41-42-35(30)40-36(45)34-10-8-18-44(34)38(47)24(4)25(5)48-6/h3-8,11-14,17-22,25,27-29,39-40H,9-10,15-16,23-24,26H2,1-2H3,(H2,46,47,48,51);11-16,19,21-25,33-34H,7-10,17-18,20H2,1-6H3,(H2,40,41,42,45)/t28-,29-,39+,40+;23-,24-,25+,33-,34-/m10/s1. The molecule has 0 radical (unpaired) electrons. The maximum Gasteiger partial charge on any atom is 0.248 e. The molecular formula is C82H92N12O7. The van der Waals surface area contributed by atoms with Gasteiger partial charge < -0.3 is 35.0 Å². The highest BCUT2D eigenvalue weighted by molar-refractivity contribution is 6.07. The van der Waals surface area contributed by atoms with Crippen LogP contribution in [0.15, 0.2) is 168 Å². The second kappa shape index (κ2) is 30.4. The summed E-state index contributed by atoms with van der Waals surface area (Å²) in [4.78, 5) is 97.4. The Bertz CT molecular complexity index is 4520. The second-order valence-electron chi connectivity index (χ2n) is 28.5. The fraction of sp³-hybridized carbons (Fsp3) is 0.390. The number of fused-ring (bicyclic) bond motifs is 2. The van der Waals surface area contributed by atoms with E-state index >= 15 is 0 Å². The van der Waals surface area contributed by atoms with Crippen LogP contribution in [0, 0.1) is 17.8 Å². The van der Waals surface area contributed by atoms with E-state index in [0.29, 0.717) is 43.5 Å². The summed E-state index contributed by atoms with van der Waals surface area (Å²) >= 11 is 0. The maximum atomic E-state index is 13.6. The van der Waals surface area contributed by atoms with Gasteiger partial charge in [0.25, 0.3) is 0 Å². The molecule has 101 heavy (non-hydrogen) atoms. The van der Waals surface area contributed by atoms with Gasteiger partial charge in [0.15, 0.2) is 11.6 Å². The molecule has 19 nitrogen and oxygen atoms in total. The summed E-state index contributed by atoms with van der Waals surface area (Å²) in [5, 5.41) is 22.6. The molecule has 19 heteroatoms. The zero-order valence-corrected chi connectivity index (χ0v) is 59.1. The lowest BCUT2D eigenvalue weighted by molar-refractivity contribution is -0.143. The second-order valence-corrected chi connectivity index (χ2v) is 28.5. The van der Waals surface area contributed by atoms with Crippen LogP contribution in [0.5, 0.6) is 0 Å². The monoisotopic (exact) mass is 1360 g/mol. The summed E-state index contributed by atoms with van der Waals surface area (Å²) in [7, 11) is 1.59. The van der Waals surface area contributed by atoms with Gasteiger partial charge in [0.2, 0.25) is 35.4 Å². The molecule has 4 N–H and O–H groups in total. The number of H-pyrrole nitrogens is 2. The molecule has 0 aliphatic carbocycles.